The first-order chi connectivity index (χ1) is 14.0. The number of hydrogen-bond acceptors (Lipinski definition) is 3. The minimum Gasteiger partial charge on any atom is -0.489 e. The van der Waals surface area contributed by atoms with Crippen molar-refractivity contribution < 1.29 is 4.74 Å². The van der Waals surface area contributed by atoms with Crippen molar-refractivity contribution >= 4 is 0 Å². The highest BCUT2D eigenvalue weighted by Crippen LogP contribution is 2.27. The molecule has 1 aromatic carbocycles. The van der Waals surface area contributed by atoms with Gasteiger partial charge in [0.05, 0.1) is 12.2 Å². The molecule has 0 radical (unpaired) electrons. The molecule has 2 heterocycles. The van der Waals surface area contributed by atoms with E-state index < -0.39 is 0 Å². The number of ether oxygens (including phenoxy) is 1. The van der Waals surface area contributed by atoms with Crippen LogP contribution >= 0.6 is 0 Å². The van der Waals surface area contributed by atoms with Crippen LogP contribution in [-0.2, 0) is 13.7 Å². The Morgan fingerprint density at radius 2 is 2.00 bits per heavy atom. The van der Waals surface area contributed by atoms with E-state index in [9.17, 15) is 4.79 Å². The van der Waals surface area contributed by atoms with Crippen LogP contribution in [0, 0.1) is 24.7 Å². The second-order valence-corrected chi connectivity index (χ2v) is 7.69. The molecule has 4 rings (SSSR count). The molecule has 0 aliphatic heterocycles. The summed E-state index contributed by atoms with van der Waals surface area (Å²) in [7, 11) is 1.86. The van der Waals surface area contributed by atoms with Gasteiger partial charge in [0, 0.05) is 42.0 Å². The molecule has 5 nitrogen and oxygen atoms in total. The summed E-state index contributed by atoms with van der Waals surface area (Å²) in [5, 5.41) is 4.13. The summed E-state index contributed by atoms with van der Waals surface area (Å²) in [5.41, 5.74) is 3.86. The lowest BCUT2D eigenvalue weighted by Crippen LogP contribution is -2.25. The van der Waals surface area contributed by atoms with Gasteiger partial charge in [0.1, 0.15) is 12.4 Å². The molecule has 5 heteroatoms. The van der Waals surface area contributed by atoms with Crippen molar-refractivity contribution in [3.8, 4) is 17.6 Å². The van der Waals surface area contributed by atoms with Gasteiger partial charge in [-0.1, -0.05) is 24.0 Å². The van der Waals surface area contributed by atoms with Crippen LogP contribution in [0.15, 0.2) is 53.6 Å². The van der Waals surface area contributed by atoms with E-state index in [0.717, 1.165) is 22.4 Å². The standard InChI is InChI=1S/C24H25N3O2/c1-17-12-23(29-16-21-14-25-26(3)15-21)13-24(28)27(17)18(2)22-10-8-20(9-11-22)7-6-19-4-5-19/h8-15,18-19H,4-5,16H2,1-3H3/t18-/m1/s1. The third-order valence-electron chi connectivity index (χ3n) is 5.18. The van der Waals surface area contributed by atoms with E-state index in [4.69, 9.17) is 4.74 Å². The largest absolute Gasteiger partial charge is 0.489 e. The average Bonchev–Trinajstić information content (AvgIpc) is 3.44. The summed E-state index contributed by atoms with van der Waals surface area (Å²) in [4.78, 5) is 12.8. The first-order valence-electron chi connectivity index (χ1n) is 9.94. The summed E-state index contributed by atoms with van der Waals surface area (Å²) < 4.78 is 9.31. The Kier molecular flexibility index (Phi) is 5.26. The zero-order valence-corrected chi connectivity index (χ0v) is 17.1. The fourth-order valence-electron chi connectivity index (χ4n) is 3.38. The van der Waals surface area contributed by atoms with Crippen molar-refractivity contribution in [2.45, 2.75) is 39.3 Å². The lowest BCUT2D eigenvalue weighted by Gasteiger charge is -2.19. The summed E-state index contributed by atoms with van der Waals surface area (Å²) >= 11 is 0. The predicted molar refractivity (Wildman–Crippen MR) is 113 cm³/mol. The van der Waals surface area contributed by atoms with Crippen LogP contribution in [0.4, 0.5) is 0 Å². The number of aromatic nitrogens is 3. The van der Waals surface area contributed by atoms with Gasteiger partial charge in [0.15, 0.2) is 0 Å². The zero-order chi connectivity index (χ0) is 20.4. The van der Waals surface area contributed by atoms with E-state index in [1.54, 1.807) is 21.5 Å². The molecular formula is C24H25N3O2. The molecule has 0 N–H and O–H groups in total. The van der Waals surface area contributed by atoms with Crippen molar-refractivity contribution in [1.82, 2.24) is 14.3 Å². The number of rotatable bonds is 5. The molecule has 0 saturated heterocycles. The maximum absolute atomic E-state index is 12.8. The molecule has 148 valence electrons. The lowest BCUT2D eigenvalue weighted by molar-refractivity contribution is 0.304. The molecule has 1 aliphatic carbocycles. The number of pyridine rings is 1. The van der Waals surface area contributed by atoms with E-state index >= 15 is 0 Å². The van der Waals surface area contributed by atoms with Crippen molar-refractivity contribution in [2.24, 2.45) is 13.0 Å². The van der Waals surface area contributed by atoms with E-state index in [-0.39, 0.29) is 11.6 Å². The smallest absolute Gasteiger partial charge is 0.254 e. The Labute approximate surface area is 171 Å². The van der Waals surface area contributed by atoms with Gasteiger partial charge in [-0.2, -0.15) is 5.10 Å². The number of benzene rings is 1. The lowest BCUT2D eigenvalue weighted by atomic mass is 10.1. The van der Waals surface area contributed by atoms with Gasteiger partial charge in [0.2, 0.25) is 0 Å². The van der Waals surface area contributed by atoms with Crippen molar-refractivity contribution in [3.63, 3.8) is 0 Å². The molecule has 1 saturated carbocycles. The molecule has 0 unspecified atom stereocenters. The molecule has 2 aromatic heterocycles. The van der Waals surface area contributed by atoms with E-state index in [2.05, 4.69) is 29.1 Å². The second kappa shape index (κ2) is 8.00. The minimum absolute atomic E-state index is 0.0692. The molecule has 1 fully saturated rings. The van der Waals surface area contributed by atoms with Gasteiger partial charge in [-0.05, 0) is 50.5 Å². The highest BCUT2D eigenvalue weighted by molar-refractivity contribution is 5.38. The summed E-state index contributed by atoms with van der Waals surface area (Å²) in [5.74, 6) is 7.68. The molecule has 3 aromatic rings. The Hall–Kier alpha value is -3.26. The van der Waals surface area contributed by atoms with Gasteiger partial charge in [-0.25, -0.2) is 0 Å². The third kappa shape index (κ3) is 4.60. The third-order valence-corrected chi connectivity index (χ3v) is 5.18. The van der Waals surface area contributed by atoms with E-state index in [0.29, 0.717) is 18.3 Å². The molecule has 1 aliphatic rings. The van der Waals surface area contributed by atoms with E-state index in [1.807, 2.05) is 45.3 Å². The van der Waals surface area contributed by atoms with Crippen molar-refractivity contribution in [1.29, 1.82) is 0 Å². The highest BCUT2D eigenvalue weighted by Gasteiger charge is 2.18. The Morgan fingerprint density at radius 3 is 2.62 bits per heavy atom. The van der Waals surface area contributed by atoms with Crippen molar-refractivity contribution in [2.75, 3.05) is 0 Å². The number of hydrogen-bond donors (Lipinski definition) is 0. The molecule has 29 heavy (non-hydrogen) atoms. The topological polar surface area (TPSA) is 49.1 Å². The van der Waals surface area contributed by atoms with Crippen LogP contribution in [0.25, 0.3) is 0 Å². The number of aryl methyl sites for hydroxylation is 2. The zero-order valence-electron chi connectivity index (χ0n) is 17.1. The molecule has 0 bridgehead atoms. The van der Waals surface area contributed by atoms with Gasteiger partial charge in [0.25, 0.3) is 5.56 Å². The number of nitrogens with zero attached hydrogens (tertiary/aromatic N) is 3. The fourth-order valence-corrected chi connectivity index (χ4v) is 3.38. The van der Waals surface area contributed by atoms with Gasteiger partial charge in [-0.3, -0.25) is 9.48 Å². The molecule has 1 atom stereocenters. The SMILES string of the molecule is Cc1cc(OCc2cnn(C)c2)cc(=O)n1[C@H](C)c1ccc(C#CC2CC2)cc1. The first-order valence-corrected chi connectivity index (χ1v) is 9.94. The van der Waals surface area contributed by atoms with E-state index in [1.165, 1.54) is 12.8 Å². The van der Waals surface area contributed by atoms with Crippen LogP contribution in [-0.4, -0.2) is 14.3 Å². The van der Waals surface area contributed by atoms with Gasteiger partial charge >= 0.3 is 0 Å². The van der Waals surface area contributed by atoms with Crippen LogP contribution in [0.1, 0.15) is 48.2 Å². The first kappa shape index (κ1) is 19.1. The maximum Gasteiger partial charge on any atom is 0.254 e. The van der Waals surface area contributed by atoms with Crippen molar-refractivity contribution in [3.05, 3.63) is 81.5 Å². The minimum atomic E-state index is -0.0729. The predicted octanol–water partition coefficient (Wildman–Crippen LogP) is 3.84. The van der Waals surface area contributed by atoms with Gasteiger partial charge < -0.3 is 9.30 Å². The quantitative estimate of drug-likeness (QED) is 0.625. The fraction of sp³-hybridized carbons (Fsp3) is 0.333. The van der Waals surface area contributed by atoms with Gasteiger partial charge in [-0.15, -0.1) is 0 Å². The molecule has 0 spiro atoms. The Bertz CT molecular complexity index is 1130. The average molecular weight is 387 g/mol. The summed E-state index contributed by atoms with van der Waals surface area (Å²) in [6.45, 7) is 4.36. The summed E-state index contributed by atoms with van der Waals surface area (Å²) in [6, 6.07) is 11.6. The molecular weight excluding hydrogens is 362 g/mol. The Morgan fingerprint density at radius 1 is 1.24 bits per heavy atom. The van der Waals surface area contributed by atoms with Crippen LogP contribution < -0.4 is 10.3 Å². The molecule has 0 amide bonds. The second-order valence-electron chi connectivity index (χ2n) is 7.69. The summed E-state index contributed by atoms with van der Waals surface area (Å²) in [6.07, 6.45) is 6.11. The van der Waals surface area contributed by atoms with Crippen LogP contribution in [0.3, 0.4) is 0 Å². The monoisotopic (exact) mass is 387 g/mol. The van der Waals surface area contributed by atoms with Crippen LogP contribution in [0.2, 0.25) is 0 Å². The maximum atomic E-state index is 12.8. The normalized spacial score (nSPS) is 14.2. The Balaban J connectivity index is 1.50. The highest BCUT2D eigenvalue weighted by atomic mass is 16.5. The van der Waals surface area contributed by atoms with Crippen LogP contribution in [0.5, 0.6) is 5.75 Å².